The Morgan fingerprint density at radius 3 is 3.06 bits per heavy atom. The molecule has 0 spiro atoms. The highest BCUT2D eigenvalue weighted by Gasteiger charge is 2.10. The van der Waals surface area contributed by atoms with Crippen LogP contribution in [0.1, 0.15) is 12.5 Å². The molecule has 1 aromatic rings. The second-order valence-corrected chi connectivity index (χ2v) is 3.06. The van der Waals surface area contributed by atoms with Crippen LogP contribution in [0.2, 0.25) is 0 Å². The van der Waals surface area contributed by atoms with Crippen LogP contribution >= 0.6 is 0 Å². The number of nitrogens with zero attached hydrogens (tertiary/aromatic N) is 4. The zero-order valence-electron chi connectivity index (χ0n) is 10.0. The fraction of sp³-hybridized carbons (Fsp3) is 0.273. The molecule has 1 heterocycles. The van der Waals surface area contributed by atoms with Gasteiger partial charge >= 0.3 is 5.97 Å². The molecule has 0 aliphatic carbocycles. The van der Waals surface area contributed by atoms with Gasteiger partial charge in [0.05, 0.1) is 13.7 Å². The molecule has 1 aromatic heterocycles. The Hall–Kier alpha value is -2.53. The molecular formula is C11H12N4O3. The van der Waals surface area contributed by atoms with Crippen molar-refractivity contribution in [2.24, 2.45) is 5.11 Å². The zero-order chi connectivity index (χ0) is 13.4. The Kier molecular flexibility index (Phi) is 5.21. The second-order valence-electron chi connectivity index (χ2n) is 3.06. The molecule has 0 aliphatic heterocycles. The van der Waals surface area contributed by atoms with Crippen LogP contribution in [0.5, 0.6) is 5.75 Å². The van der Waals surface area contributed by atoms with E-state index in [1.54, 1.807) is 19.2 Å². The van der Waals surface area contributed by atoms with Gasteiger partial charge in [0, 0.05) is 22.9 Å². The first-order valence-electron chi connectivity index (χ1n) is 5.14. The van der Waals surface area contributed by atoms with E-state index in [2.05, 4.69) is 15.0 Å². The van der Waals surface area contributed by atoms with Crippen molar-refractivity contribution in [2.45, 2.75) is 6.92 Å². The summed E-state index contributed by atoms with van der Waals surface area (Å²) in [6.45, 7) is 1.86. The van der Waals surface area contributed by atoms with Gasteiger partial charge in [0.1, 0.15) is 11.4 Å². The number of esters is 1. The molecule has 0 amide bonds. The van der Waals surface area contributed by atoms with E-state index in [1.165, 1.54) is 19.4 Å². The minimum absolute atomic E-state index is 0.148. The fourth-order valence-electron chi connectivity index (χ4n) is 1.22. The molecule has 0 aliphatic rings. The van der Waals surface area contributed by atoms with Gasteiger partial charge in [-0.15, -0.1) is 0 Å². The molecule has 0 bridgehead atoms. The van der Waals surface area contributed by atoms with Crippen LogP contribution in [0, 0.1) is 0 Å². The number of hydrogen-bond acceptors (Lipinski definition) is 5. The number of aromatic nitrogens is 1. The highest BCUT2D eigenvalue weighted by atomic mass is 16.5. The summed E-state index contributed by atoms with van der Waals surface area (Å²) in [6, 6.07) is 1.63. The van der Waals surface area contributed by atoms with Gasteiger partial charge in [-0.05, 0) is 24.6 Å². The summed E-state index contributed by atoms with van der Waals surface area (Å²) < 4.78 is 9.86. The quantitative estimate of drug-likeness (QED) is 0.262. The number of carbonyl (C=O) groups is 1. The Balaban J connectivity index is 3.15. The topological polar surface area (TPSA) is 97.2 Å². The van der Waals surface area contributed by atoms with Crippen molar-refractivity contribution < 1.29 is 14.3 Å². The lowest BCUT2D eigenvalue weighted by Crippen LogP contribution is -2.05. The molecule has 0 aromatic carbocycles. The van der Waals surface area contributed by atoms with Gasteiger partial charge in [-0.2, -0.15) is 0 Å². The van der Waals surface area contributed by atoms with Crippen LogP contribution in [0.15, 0.2) is 29.3 Å². The summed E-state index contributed by atoms with van der Waals surface area (Å²) in [6.07, 6.45) is 4.41. The predicted molar refractivity (Wildman–Crippen MR) is 64.5 cm³/mol. The minimum Gasteiger partial charge on any atom is -0.496 e. The average molecular weight is 248 g/mol. The normalized spacial score (nSPS) is 10.4. The van der Waals surface area contributed by atoms with E-state index in [1.807, 2.05) is 0 Å². The molecule has 94 valence electrons. The molecule has 0 fully saturated rings. The number of methoxy groups -OCH3 is 1. The largest absolute Gasteiger partial charge is 0.496 e. The lowest BCUT2D eigenvalue weighted by atomic mass is 10.2. The Morgan fingerprint density at radius 2 is 2.44 bits per heavy atom. The molecule has 0 saturated heterocycles. The lowest BCUT2D eigenvalue weighted by Gasteiger charge is -2.05. The summed E-state index contributed by atoms with van der Waals surface area (Å²) in [5.74, 6) is -0.179. The number of carbonyl (C=O) groups excluding carboxylic acids is 1. The van der Waals surface area contributed by atoms with E-state index in [-0.39, 0.29) is 12.3 Å². The fourth-order valence-corrected chi connectivity index (χ4v) is 1.22. The van der Waals surface area contributed by atoms with Gasteiger partial charge in [-0.3, -0.25) is 4.98 Å². The highest BCUT2D eigenvalue weighted by molar-refractivity contribution is 5.93. The molecule has 0 atom stereocenters. The smallest absolute Gasteiger partial charge is 0.340 e. The van der Waals surface area contributed by atoms with Gasteiger partial charge in [0.15, 0.2) is 0 Å². The van der Waals surface area contributed by atoms with Crippen LogP contribution in [0.25, 0.3) is 16.5 Å². The Labute approximate surface area is 104 Å². The van der Waals surface area contributed by atoms with Gasteiger partial charge in [-0.1, -0.05) is 5.11 Å². The van der Waals surface area contributed by atoms with Crippen LogP contribution < -0.4 is 4.74 Å². The van der Waals surface area contributed by atoms with E-state index in [0.717, 1.165) is 0 Å². The monoisotopic (exact) mass is 248 g/mol. The molecule has 18 heavy (non-hydrogen) atoms. The molecule has 7 nitrogen and oxygen atoms in total. The van der Waals surface area contributed by atoms with Gasteiger partial charge in [-0.25, -0.2) is 4.79 Å². The number of rotatable bonds is 5. The summed E-state index contributed by atoms with van der Waals surface area (Å²) in [5, 5.41) is 3.30. The molecule has 7 heteroatoms. The number of hydrogen-bond donors (Lipinski definition) is 0. The van der Waals surface area contributed by atoms with Crippen molar-refractivity contribution >= 4 is 12.0 Å². The van der Waals surface area contributed by atoms with E-state index >= 15 is 0 Å². The minimum atomic E-state index is -0.693. The molecule has 0 radical (unpaired) electrons. The molecule has 0 N–H and O–H groups in total. The molecule has 0 unspecified atom stereocenters. The van der Waals surface area contributed by atoms with Crippen molar-refractivity contribution in [1.82, 2.24) is 4.98 Å². The number of pyridine rings is 1. The maximum absolute atomic E-state index is 11.5. The van der Waals surface area contributed by atoms with Gasteiger partial charge in [0.25, 0.3) is 0 Å². The van der Waals surface area contributed by atoms with Crippen molar-refractivity contribution in [1.29, 1.82) is 0 Å². The van der Waals surface area contributed by atoms with Crippen LogP contribution in [0.4, 0.5) is 0 Å². The van der Waals surface area contributed by atoms with Crippen LogP contribution in [-0.2, 0) is 9.53 Å². The third-order valence-electron chi connectivity index (χ3n) is 1.96. The van der Waals surface area contributed by atoms with E-state index in [0.29, 0.717) is 11.3 Å². The summed E-state index contributed by atoms with van der Waals surface area (Å²) >= 11 is 0. The van der Waals surface area contributed by atoms with Crippen LogP contribution in [-0.4, -0.2) is 24.7 Å². The Morgan fingerprint density at radius 1 is 1.67 bits per heavy atom. The van der Waals surface area contributed by atoms with Crippen molar-refractivity contribution in [3.63, 3.8) is 0 Å². The SMILES string of the molecule is CCOC(=O)C(=Cc1cnccc1OC)N=[N+]=[N-]. The first kappa shape index (κ1) is 13.5. The van der Waals surface area contributed by atoms with Gasteiger partial charge in [0.2, 0.25) is 0 Å². The summed E-state index contributed by atoms with van der Waals surface area (Å²) in [7, 11) is 1.49. The van der Waals surface area contributed by atoms with Crippen LogP contribution in [0.3, 0.4) is 0 Å². The second kappa shape index (κ2) is 6.93. The standard InChI is InChI=1S/C11H12N4O3/c1-3-18-11(16)9(14-15-12)6-8-7-13-5-4-10(8)17-2/h4-7H,3H2,1-2H3. The average Bonchev–Trinajstić information content (AvgIpc) is 2.39. The van der Waals surface area contributed by atoms with Crippen molar-refractivity contribution in [3.8, 4) is 5.75 Å². The third-order valence-corrected chi connectivity index (χ3v) is 1.96. The van der Waals surface area contributed by atoms with Gasteiger partial charge < -0.3 is 9.47 Å². The third kappa shape index (κ3) is 3.50. The molecule has 0 saturated carbocycles. The summed E-state index contributed by atoms with van der Waals surface area (Å²) in [4.78, 5) is 18.0. The van der Waals surface area contributed by atoms with Crippen molar-refractivity contribution in [2.75, 3.05) is 13.7 Å². The number of azide groups is 1. The maximum Gasteiger partial charge on any atom is 0.340 e. The first-order valence-corrected chi connectivity index (χ1v) is 5.14. The highest BCUT2D eigenvalue weighted by Crippen LogP contribution is 2.20. The molecular weight excluding hydrogens is 236 g/mol. The lowest BCUT2D eigenvalue weighted by molar-refractivity contribution is -0.138. The predicted octanol–water partition coefficient (Wildman–Crippen LogP) is 2.30. The number of ether oxygens (including phenoxy) is 2. The van der Waals surface area contributed by atoms with E-state index in [4.69, 9.17) is 15.0 Å². The summed E-state index contributed by atoms with van der Waals surface area (Å²) in [5.41, 5.74) is 8.80. The molecule has 1 rings (SSSR count). The maximum atomic E-state index is 11.5. The van der Waals surface area contributed by atoms with Crippen molar-refractivity contribution in [3.05, 3.63) is 40.2 Å². The Bertz CT molecular complexity index is 507. The van der Waals surface area contributed by atoms with E-state index in [9.17, 15) is 4.79 Å². The zero-order valence-corrected chi connectivity index (χ0v) is 10.0. The van der Waals surface area contributed by atoms with E-state index < -0.39 is 5.97 Å². The first-order chi connectivity index (χ1) is 8.72.